The van der Waals surface area contributed by atoms with E-state index in [1.165, 1.54) is 89.9 Å². The minimum Gasteiger partial charge on any atom is -0.263 e. The normalized spacial score (nSPS) is 11.5. The number of hydrogen-bond donors (Lipinski definition) is 1. The van der Waals surface area contributed by atoms with Crippen molar-refractivity contribution in [2.75, 3.05) is 0 Å². The quantitative estimate of drug-likeness (QED) is 0.283. The SMILES string of the molecule is CCCCCCCCC=CCCCCCCCCc1ncn[nH]1. The van der Waals surface area contributed by atoms with Crippen molar-refractivity contribution >= 4 is 0 Å². The van der Waals surface area contributed by atoms with Crippen molar-refractivity contribution in [3.8, 4) is 0 Å². The molecule has 1 N–H and O–H groups in total. The second-order valence-electron chi connectivity index (χ2n) is 6.62. The van der Waals surface area contributed by atoms with Crippen molar-refractivity contribution in [2.24, 2.45) is 0 Å². The highest BCUT2D eigenvalue weighted by atomic mass is 15.2. The molecule has 0 amide bonds. The number of hydrogen-bond acceptors (Lipinski definition) is 2. The minimum atomic E-state index is 1.03. The number of aryl methyl sites for hydroxylation is 1. The molecule has 0 aliphatic rings. The summed E-state index contributed by atoms with van der Waals surface area (Å²) in [4.78, 5) is 4.15. The summed E-state index contributed by atoms with van der Waals surface area (Å²) in [6, 6.07) is 0. The molecule has 0 aromatic carbocycles. The molecule has 0 saturated heterocycles. The van der Waals surface area contributed by atoms with Gasteiger partial charge < -0.3 is 0 Å². The zero-order valence-corrected chi connectivity index (χ0v) is 15.2. The van der Waals surface area contributed by atoms with Crippen molar-refractivity contribution < 1.29 is 0 Å². The maximum Gasteiger partial charge on any atom is 0.137 e. The monoisotopic (exact) mass is 319 g/mol. The topological polar surface area (TPSA) is 41.6 Å². The van der Waals surface area contributed by atoms with Crippen LogP contribution in [0.3, 0.4) is 0 Å². The van der Waals surface area contributed by atoms with Crippen LogP contribution < -0.4 is 0 Å². The van der Waals surface area contributed by atoms with Crippen LogP contribution >= 0.6 is 0 Å². The molecule has 0 unspecified atom stereocenters. The summed E-state index contributed by atoms with van der Waals surface area (Å²) >= 11 is 0. The van der Waals surface area contributed by atoms with E-state index in [4.69, 9.17) is 0 Å². The largest absolute Gasteiger partial charge is 0.263 e. The van der Waals surface area contributed by atoms with Crippen LogP contribution in [0.15, 0.2) is 18.5 Å². The molecule has 0 radical (unpaired) electrons. The van der Waals surface area contributed by atoms with Crippen LogP contribution in [0.25, 0.3) is 0 Å². The molecule has 1 heterocycles. The molecular formula is C20H37N3. The van der Waals surface area contributed by atoms with Gasteiger partial charge in [-0.05, 0) is 32.1 Å². The fourth-order valence-electron chi connectivity index (χ4n) is 2.89. The van der Waals surface area contributed by atoms with Gasteiger partial charge in [0.2, 0.25) is 0 Å². The van der Waals surface area contributed by atoms with Gasteiger partial charge in [-0.1, -0.05) is 76.9 Å². The first-order valence-electron chi connectivity index (χ1n) is 9.92. The Kier molecular flexibility index (Phi) is 13.7. The van der Waals surface area contributed by atoms with Crippen LogP contribution in [0.1, 0.15) is 103 Å². The summed E-state index contributed by atoms with van der Waals surface area (Å²) in [7, 11) is 0. The predicted molar refractivity (Wildman–Crippen MR) is 99.5 cm³/mol. The van der Waals surface area contributed by atoms with Gasteiger partial charge in [0.05, 0.1) is 0 Å². The van der Waals surface area contributed by atoms with E-state index >= 15 is 0 Å². The molecule has 0 atom stereocenters. The molecule has 23 heavy (non-hydrogen) atoms. The first-order chi connectivity index (χ1) is 11.4. The Labute approximate surface area is 143 Å². The van der Waals surface area contributed by atoms with Crippen molar-refractivity contribution in [1.29, 1.82) is 0 Å². The van der Waals surface area contributed by atoms with E-state index < -0.39 is 0 Å². The summed E-state index contributed by atoms with van der Waals surface area (Å²) in [5, 5.41) is 6.79. The lowest BCUT2D eigenvalue weighted by molar-refractivity contribution is 0.591. The molecule has 3 nitrogen and oxygen atoms in total. The fourth-order valence-corrected chi connectivity index (χ4v) is 2.89. The summed E-state index contributed by atoms with van der Waals surface area (Å²) < 4.78 is 0. The van der Waals surface area contributed by atoms with E-state index in [-0.39, 0.29) is 0 Å². The lowest BCUT2D eigenvalue weighted by Crippen LogP contribution is -1.88. The molecule has 0 fully saturated rings. The Morgan fingerprint density at radius 2 is 1.35 bits per heavy atom. The molecule has 1 aromatic rings. The number of allylic oxidation sites excluding steroid dienone is 2. The third-order valence-corrected chi connectivity index (χ3v) is 4.39. The van der Waals surface area contributed by atoms with E-state index in [2.05, 4.69) is 34.3 Å². The highest BCUT2D eigenvalue weighted by Crippen LogP contribution is 2.10. The van der Waals surface area contributed by atoms with Crippen molar-refractivity contribution in [1.82, 2.24) is 15.2 Å². The molecule has 3 heteroatoms. The number of nitrogens with zero attached hydrogens (tertiary/aromatic N) is 2. The van der Waals surface area contributed by atoms with E-state index in [1.54, 1.807) is 6.33 Å². The highest BCUT2D eigenvalue weighted by molar-refractivity contribution is 4.81. The lowest BCUT2D eigenvalue weighted by Gasteiger charge is -2.00. The maximum absolute atomic E-state index is 4.15. The molecule has 132 valence electrons. The van der Waals surface area contributed by atoms with Gasteiger partial charge in [-0.15, -0.1) is 0 Å². The predicted octanol–water partition coefficient (Wildman–Crippen LogP) is 6.38. The number of rotatable bonds is 16. The van der Waals surface area contributed by atoms with Crippen LogP contribution in [-0.2, 0) is 6.42 Å². The third-order valence-electron chi connectivity index (χ3n) is 4.39. The van der Waals surface area contributed by atoms with Gasteiger partial charge in [0.25, 0.3) is 0 Å². The van der Waals surface area contributed by atoms with E-state index in [0.717, 1.165) is 12.2 Å². The zero-order chi connectivity index (χ0) is 16.4. The number of nitrogens with one attached hydrogen (secondary N) is 1. The average Bonchev–Trinajstić information content (AvgIpc) is 3.08. The Balaban J connectivity index is 1.73. The first kappa shape index (κ1) is 19.9. The van der Waals surface area contributed by atoms with E-state index in [0.29, 0.717) is 0 Å². The Bertz CT molecular complexity index is 357. The average molecular weight is 320 g/mol. The standard InChI is InChI=1S/C20H37N3/c1-2-3-4-5-6-7-8-9-10-11-12-13-14-15-16-17-18-20-21-19-22-23-20/h9-10,19H,2-8,11-18H2,1H3,(H,21,22,23). The molecule has 1 rings (SSSR count). The van der Waals surface area contributed by atoms with E-state index in [1.807, 2.05) is 0 Å². The number of unbranched alkanes of at least 4 members (excludes halogenated alkanes) is 12. The highest BCUT2D eigenvalue weighted by Gasteiger charge is 1.95. The Hall–Kier alpha value is -1.12. The molecular weight excluding hydrogens is 282 g/mol. The minimum absolute atomic E-state index is 1.03. The number of H-pyrrole nitrogens is 1. The van der Waals surface area contributed by atoms with Gasteiger partial charge in [-0.3, -0.25) is 5.10 Å². The van der Waals surface area contributed by atoms with Crippen molar-refractivity contribution in [3.05, 3.63) is 24.3 Å². The molecule has 0 spiro atoms. The van der Waals surface area contributed by atoms with Gasteiger partial charge in [-0.25, -0.2) is 4.98 Å². The maximum atomic E-state index is 4.15. The summed E-state index contributed by atoms with van der Waals surface area (Å²) in [6.45, 7) is 2.28. The van der Waals surface area contributed by atoms with Crippen LogP contribution in [-0.4, -0.2) is 15.2 Å². The van der Waals surface area contributed by atoms with Gasteiger partial charge in [0, 0.05) is 6.42 Å². The summed E-state index contributed by atoms with van der Waals surface area (Å²) in [5.41, 5.74) is 0. The van der Waals surface area contributed by atoms with Gasteiger partial charge in [0.1, 0.15) is 12.2 Å². The van der Waals surface area contributed by atoms with Gasteiger partial charge in [-0.2, -0.15) is 5.10 Å². The second kappa shape index (κ2) is 15.8. The van der Waals surface area contributed by atoms with Crippen LogP contribution in [0.5, 0.6) is 0 Å². The summed E-state index contributed by atoms with van der Waals surface area (Å²) in [6.07, 6.45) is 26.4. The van der Waals surface area contributed by atoms with E-state index in [9.17, 15) is 0 Å². The Morgan fingerprint density at radius 3 is 1.91 bits per heavy atom. The Morgan fingerprint density at radius 1 is 0.783 bits per heavy atom. The smallest absolute Gasteiger partial charge is 0.137 e. The first-order valence-corrected chi connectivity index (χ1v) is 9.92. The van der Waals surface area contributed by atoms with Gasteiger partial charge >= 0.3 is 0 Å². The van der Waals surface area contributed by atoms with Crippen LogP contribution in [0.2, 0.25) is 0 Å². The van der Waals surface area contributed by atoms with Gasteiger partial charge in [0.15, 0.2) is 0 Å². The number of aromatic amines is 1. The van der Waals surface area contributed by atoms with Crippen LogP contribution in [0.4, 0.5) is 0 Å². The molecule has 0 aliphatic heterocycles. The molecule has 0 bridgehead atoms. The fraction of sp³-hybridized carbons (Fsp3) is 0.800. The third kappa shape index (κ3) is 13.1. The molecule has 0 aliphatic carbocycles. The molecule has 0 saturated carbocycles. The lowest BCUT2D eigenvalue weighted by atomic mass is 10.1. The van der Waals surface area contributed by atoms with Crippen LogP contribution in [0, 0.1) is 0 Å². The number of aromatic nitrogens is 3. The van der Waals surface area contributed by atoms with Crippen molar-refractivity contribution in [2.45, 2.75) is 103 Å². The van der Waals surface area contributed by atoms with Crippen molar-refractivity contribution in [3.63, 3.8) is 0 Å². The summed E-state index contributed by atoms with van der Waals surface area (Å²) in [5.74, 6) is 1.03. The zero-order valence-electron chi connectivity index (χ0n) is 15.2. The second-order valence-corrected chi connectivity index (χ2v) is 6.62. The molecule has 1 aromatic heterocycles.